The molecule has 14 heavy (non-hydrogen) atoms. The molecule has 0 aliphatic heterocycles. The summed E-state index contributed by atoms with van der Waals surface area (Å²) in [5.41, 5.74) is 1.88. The van der Waals surface area contributed by atoms with Crippen LogP contribution in [0.5, 0.6) is 0 Å². The molecule has 0 heterocycles. The van der Waals surface area contributed by atoms with Gasteiger partial charge in [-0.15, -0.1) is 0 Å². The number of nitrogens with one attached hydrogen (secondary N) is 1. The van der Waals surface area contributed by atoms with Gasteiger partial charge in [-0.05, 0) is 0 Å². The van der Waals surface area contributed by atoms with Crippen LogP contribution in [0.2, 0.25) is 0 Å². The molecule has 0 unspecified atom stereocenters. The summed E-state index contributed by atoms with van der Waals surface area (Å²) in [4.78, 5) is 11.7. The van der Waals surface area contributed by atoms with Crippen LogP contribution in [0, 0.1) is 6.92 Å². The van der Waals surface area contributed by atoms with Crippen LogP contribution >= 0.6 is 0 Å². The molecule has 0 fully saturated rings. The zero-order chi connectivity index (χ0) is 10.7. The zero-order valence-corrected chi connectivity index (χ0v) is 10.5. The molecule has 1 aromatic carbocycles. The molecule has 0 aliphatic carbocycles. The Bertz CT molecular complexity index is 347. The second-order valence-electron chi connectivity index (χ2n) is 3.60. The van der Waals surface area contributed by atoms with Gasteiger partial charge in [0, 0.05) is 0 Å². The molecule has 3 heteroatoms. The van der Waals surface area contributed by atoms with E-state index in [1.165, 1.54) is 0 Å². The van der Waals surface area contributed by atoms with Gasteiger partial charge in [0.2, 0.25) is 0 Å². The molecule has 0 spiro atoms. The number of carbonyl (C=O) groups excluding carboxylic acids is 1. The topological polar surface area (TPSA) is 29.1 Å². The van der Waals surface area contributed by atoms with E-state index in [-0.39, 0.29) is 11.9 Å². The van der Waals surface area contributed by atoms with Gasteiger partial charge in [0.1, 0.15) is 0 Å². The first-order chi connectivity index (χ1) is 6.52. The standard InChI is InChI=1S/C11H14AsNO/c1-7(2)13-11(14)9-6-4-5-8(3)10(9)12/h4-7H,1-3H3,(H,13,14). The molecule has 74 valence electrons. The monoisotopic (exact) mass is 251 g/mol. The summed E-state index contributed by atoms with van der Waals surface area (Å²) in [6, 6.07) is 5.93. The van der Waals surface area contributed by atoms with Crippen LogP contribution < -0.4 is 9.67 Å². The van der Waals surface area contributed by atoms with Crippen LogP contribution in [0.15, 0.2) is 18.2 Å². The van der Waals surface area contributed by atoms with Crippen LogP contribution in [-0.2, 0) is 0 Å². The van der Waals surface area contributed by atoms with E-state index in [1.54, 1.807) is 0 Å². The van der Waals surface area contributed by atoms with Crippen molar-refractivity contribution in [1.29, 1.82) is 0 Å². The first kappa shape index (κ1) is 11.3. The van der Waals surface area contributed by atoms with Crippen molar-refractivity contribution in [3.63, 3.8) is 0 Å². The van der Waals surface area contributed by atoms with Gasteiger partial charge in [0.15, 0.2) is 0 Å². The summed E-state index contributed by atoms with van der Waals surface area (Å²) in [6.07, 6.45) is 0. The Balaban J connectivity index is 2.96. The van der Waals surface area contributed by atoms with E-state index < -0.39 is 0 Å². The SMILES string of the molecule is Cc1cccc(C(=O)NC(C)C)c1[As]. The van der Waals surface area contributed by atoms with Gasteiger partial charge in [0.05, 0.1) is 0 Å². The normalized spacial score (nSPS) is 10.4. The van der Waals surface area contributed by atoms with Gasteiger partial charge in [-0.25, -0.2) is 0 Å². The van der Waals surface area contributed by atoms with Crippen molar-refractivity contribution in [3.8, 4) is 0 Å². The average molecular weight is 251 g/mol. The predicted molar refractivity (Wildman–Crippen MR) is 59.2 cm³/mol. The van der Waals surface area contributed by atoms with E-state index in [0.717, 1.165) is 15.5 Å². The van der Waals surface area contributed by atoms with Crippen LogP contribution in [0.3, 0.4) is 0 Å². The van der Waals surface area contributed by atoms with Crippen LogP contribution in [0.4, 0.5) is 0 Å². The van der Waals surface area contributed by atoms with E-state index in [0.29, 0.717) is 0 Å². The van der Waals surface area contributed by atoms with E-state index >= 15 is 0 Å². The second-order valence-corrected chi connectivity index (χ2v) is 4.54. The Labute approximate surface area is 93.6 Å². The molecule has 2 nitrogen and oxygen atoms in total. The van der Waals surface area contributed by atoms with Crippen molar-refractivity contribution in [2.24, 2.45) is 0 Å². The van der Waals surface area contributed by atoms with Gasteiger partial charge in [-0.3, -0.25) is 0 Å². The molecule has 0 bridgehead atoms. The number of carbonyl (C=O) groups is 1. The van der Waals surface area contributed by atoms with Gasteiger partial charge in [0.25, 0.3) is 0 Å². The first-order valence-electron chi connectivity index (χ1n) is 4.62. The Morgan fingerprint density at radius 3 is 2.64 bits per heavy atom. The van der Waals surface area contributed by atoms with Crippen molar-refractivity contribution >= 4 is 27.1 Å². The minimum absolute atomic E-state index is 0.000625. The van der Waals surface area contributed by atoms with Gasteiger partial charge >= 0.3 is 93.4 Å². The minimum atomic E-state index is -0.000625. The summed E-state index contributed by atoms with van der Waals surface area (Å²) >= 11 is 2.45. The number of amides is 1. The molecule has 0 saturated heterocycles. The maximum absolute atomic E-state index is 11.7. The summed E-state index contributed by atoms with van der Waals surface area (Å²) in [6.45, 7) is 5.91. The van der Waals surface area contributed by atoms with Crippen LogP contribution in [0.1, 0.15) is 29.8 Å². The third-order valence-electron chi connectivity index (χ3n) is 1.90. The molecular formula is C11H14AsNO. The van der Waals surface area contributed by atoms with Crippen molar-refractivity contribution in [2.75, 3.05) is 0 Å². The third-order valence-corrected chi connectivity index (χ3v) is 3.15. The fraction of sp³-hybridized carbons (Fsp3) is 0.364. The summed E-state index contributed by atoms with van der Waals surface area (Å²) in [5, 5.41) is 2.88. The van der Waals surface area contributed by atoms with Crippen LogP contribution in [-0.4, -0.2) is 28.8 Å². The molecule has 1 amide bonds. The number of rotatable bonds is 2. The predicted octanol–water partition coefficient (Wildman–Crippen LogP) is 0.927. The molecule has 0 aliphatic rings. The Hall–Kier alpha value is -0.752. The summed E-state index contributed by atoms with van der Waals surface area (Å²) < 4.78 is 0.998. The van der Waals surface area contributed by atoms with E-state index in [4.69, 9.17) is 0 Å². The molecule has 0 atom stereocenters. The number of benzene rings is 1. The Kier molecular flexibility index (Phi) is 3.76. The van der Waals surface area contributed by atoms with Crippen LogP contribution in [0.25, 0.3) is 0 Å². The van der Waals surface area contributed by atoms with Crippen molar-refractivity contribution in [1.82, 2.24) is 5.32 Å². The molecule has 0 saturated carbocycles. The fourth-order valence-corrected chi connectivity index (χ4v) is 1.71. The summed E-state index contributed by atoms with van der Waals surface area (Å²) in [5.74, 6) is -0.000625. The van der Waals surface area contributed by atoms with E-state index in [1.807, 2.05) is 39.0 Å². The first-order valence-corrected chi connectivity index (χ1v) is 5.55. The summed E-state index contributed by atoms with van der Waals surface area (Å²) in [7, 11) is 0. The van der Waals surface area contributed by atoms with E-state index in [9.17, 15) is 4.79 Å². The maximum atomic E-state index is 11.7. The molecular weight excluding hydrogens is 237 g/mol. The van der Waals surface area contributed by atoms with Crippen molar-refractivity contribution in [2.45, 2.75) is 26.8 Å². The van der Waals surface area contributed by atoms with Crippen molar-refractivity contribution in [3.05, 3.63) is 29.3 Å². The zero-order valence-electron chi connectivity index (χ0n) is 8.66. The van der Waals surface area contributed by atoms with Gasteiger partial charge in [-0.2, -0.15) is 0 Å². The second kappa shape index (κ2) is 4.65. The fourth-order valence-electron chi connectivity index (χ4n) is 1.18. The Morgan fingerprint density at radius 1 is 1.43 bits per heavy atom. The van der Waals surface area contributed by atoms with Gasteiger partial charge < -0.3 is 0 Å². The molecule has 1 N–H and O–H groups in total. The number of hydrogen-bond acceptors (Lipinski definition) is 1. The molecule has 1 rings (SSSR count). The van der Waals surface area contributed by atoms with Gasteiger partial charge in [-0.1, -0.05) is 0 Å². The molecule has 2 radical (unpaired) electrons. The average Bonchev–Trinajstić information content (AvgIpc) is 2.08. The number of hydrogen-bond donors (Lipinski definition) is 1. The van der Waals surface area contributed by atoms with Crippen molar-refractivity contribution < 1.29 is 4.79 Å². The molecule has 0 aromatic heterocycles. The quantitative estimate of drug-likeness (QED) is 0.778. The third kappa shape index (κ3) is 2.62. The molecule has 1 aromatic rings. The number of aryl methyl sites for hydroxylation is 1. The Morgan fingerprint density at radius 2 is 2.07 bits per heavy atom. The van der Waals surface area contributed by atoms with E-state index in [2.05, 4.69) is 22.2 Å².